The molecule has 1 aromatic heterocycles. The Balaban J connectivity index is 2.57. The van der Waals surface area contributed by atoms with Gasteiger partial charge in [0, 0.05) is 22.2 Å². The van der Waals surface area contributed by atoms with Crippen molar-refractivity contribution in [2.75, 3.05) is 12.8 Å². The Morgan fingerprint density at radius 1 is 1.59 bits per heavy atom. The summed E-state index contributed by atoms with van der Waals surface area (Å²) in [4.78, 5) is 1.28. The molecule has 1 atom stereocenters. The summed E-state index contributed by atoms with van der Waals surface area (Å²) < 4.78 is 0. The van der Waals surface area contributed by atoms with Crippen LogP contribution in [0.4, 0.5) is 5.00 Å². The van der Waals surface area contributed by atoms with Crippen LogP contribution in [-0.4, -0.2) is 13.1 Å². The molecular formula is C13H19N3S. The average Bonchev–Trinajstić information content (AvgIpc) is 2.63. The van der Waals surface area contributed by atoms with E-state index in [0.717, 1.165) is 23.4 Å². The fourth-order valence-corrected chi connectivity index (χ4v) is 3.82. The van der Waals surface area contributed by atoms with Crippen LogP contribution >= 0.6 is 11.3 Å². The Labute approximate surface area is 106 Å². The van der Waals surface area contributed by atoms with Gasteiger partial charge in [0.25, 0.3) is 0 Å². The Bertz CT molecular complexity index is 485. The number of anilines is 1. The van der Waals surface area contributed by atoms with Gasteiger partial charge in [-0.25, -0.2) is 0 Å². The molecule has 0 amide bonds. The van der Waals surface area contributed by atoms with Crippen molar-refractivity contribution in [1.29, 1.82) is 0 Å². The van der Waals surface area contributed by atoms with Crippen molar-refractivity contribution >= 4 is 27.6 Å². The molecular weight excluding hydrogens is 230 g/mol. The number of hydrogen-bond donors (Lipinski definition) is 3. The van der Waals surface area contributed by atoms with E-state index in [1.54, 1.807) is 11.3 Å². The summed E-state index contributed by atoms with van der Waals surface area (Å²) >= 11 is 1.63. The van der Waals surface area contributed by atoms with Crippen molar-refractivity contribution < 1.29 is 0 Å². The van der Waals surface area contributed by atoms with E-state index in [2.05, 4.69) is 24.9 Å². The number of nitrogens with two attached hydrogens (primary N) is 2. The van der Waals surface area contributed by atoms with E-state index in [-0.39, 0.29) is 0 Å². The van der Waals surface area contributed by atoms with E-state index < -0.39 is 0 Å². The fraction of sp³-hybridized carbons (Fsp3) is 0.385. The van der Waals surface area contributed by atoms with Crippen LogP contribution in [0.15, 0.2) is 12.7 Å². The van der Waals surface area contributed by atoms with Crippen LogP contribution < -0.4 is 16.8 Å². The van der Waals surface area contributed by atoms with Gasteiger partial charge in [-0.3, -0.25) is 0 Å². The van der Waals surface area contributed by atoms with Crippen molar-refractivity contribution in [2.24, 2.45) is 5.73 Å². The first-order chi connectivity index (χ1) is 8.10. The number of hydrogen-bond acceptors (Lipinski definition) is 4. The van der Waals surface area contributed by atoms with Crippen molar-refractivity contribution in [2.45, 2.75) is 25.8 Å². The molecule has 0 aliphatic heterocycles. The van der Waals surface area contributed by atoms with Gasteiger partial charge in [-0.05, 0) is 37.9 Å². The van der Waals surface area contributed by atoms with Crippen LogP contribution in [0.3, 0.4) is 0 Å². The second-order valence-corrected chi connectivity index (χ2v) is 5.35. The lowest BCUT2D eigenvalue weighted by molar-refractivity contribution is 0.614. The second kappa shape index (κ2) is 4.55. The molecule has 17 heavy (non-hydrogen) atoms. The molecule has 2 rings (SSSR count). The van der Waals surface area contributed by atoms with Gasteiger partial charge in [0.2, 0.25) is 0 Å². The molecule has 92 valence electrons. The number of fused-ring (bicyclic) bond motifs is 1. The summed E-state index contributed by atoms with van der Waals surface area (Å²) in [6.07, 6.45) is 4.26. The summed E-state index contributed by atoms with van der Waals surface area (Å²) in [5, 5.41) is 4.14. The molecule has 4 heteroatoms. The van der Waals surface area contributed by atoms with Crippen LogP contribution in [0.25, 0.3) is 11.3 Å². The minimum Gasteiger partial charge on any atom is -0.399 e. The quantitative estimate of drug-likeness (QED) is 0.753. The van der Waals surface area contributed by atoms with E-state index in [1.807, 2.05) is 7.05 Å². The van der Waals surface area contributed by atoms with Crippen molar-refractivity contribution in [3.8, 4) is 0 Å². The van der Waals surface area contributed by atoms with E-state index in [9.17, 15) is 0 Å². The highest BCUT2D eigenvalue weighted by Gasteiger charge is 2.28. The van der Waals surface area contributed by atoms with Crippen molar-refractivity contribution in [3.63, 3.8) is 0 Å². The molecule has 0 saturated heterocycles. The van der Waals surface area contributed by atoms with Crippen LogP contribution in [0, 0.1) is 0 Å². The first kappa shape index (κ1) is 12.2. The molecule has 0 fully saturated rings. The molecule has 1 unspecified atom stereocenters. The lowest BCUT2D eigenvalue weighted by atomic mass is 9.87. The molecule has 0 aromatic carbocycles. The summed E-state index contributed by atoms with van der Waals surface area (Å²) in [5.74, 6) is 0. The lowest BCUT2D eigenvalue weighted by Gasteiger charge is -2.25. The number of thiophene rings is 1. The summed E-state index contributed by atoms with van der Waals surface area (Å²) in [7, 11) is 2.00. The maximum Gasteiger partial charge on any atom is 0.0959 e. The Morgan fingerprint density at radius 3 is 2.82 bits per heavy atom. The molecule has 1 aliphatic carbocycles. The van der Waals surface area contributed by atoms with Crippen LogP contribution in [0.5, 0.6) is 0 Å². The molecule has 0 spiro atoms. The smallest absolute Gasteiger partial charge is 0.0959 e. The topological polar surface area (TPSA) is 64.1 Å². The number of allylic oxidation sites excluding steroid dienone is 1. The SMILES string of the molecule is C=C(N)c1c(N)sc2c1CCC(NC)/C2=C\C. The minimum atomic E-state index is 0.421. The van der Waals surface area contributed by atoms with Gasteiger partial charge < -0.3 is 16.8 Å². The highest BCUT2D eigenvalue weighted by atomic mass is 32.1. The number of nitrogens with one attached hydrogen (secondary N) is 1. The summed E-state index contributed by atoms with van der Waals surface area (Å²) in [6.45, 7) is 5.90. The third kappa shape index (κ3) is 1.87. The van der Waals surface area contributed by atoms with Crippen LogP contribution in [0.1, 0.15) is 29.3 Å². The first-order valence-corrected chi connectivity index (χ1v) is 6.61. The largest absolute Gasteiger partial charge is 0.399 e. The molecule has 1 heterocycles. The fourth-order valence-electron chi connectivity index (χ4n) is 2.54. The maximum atomic E-state index is 6.06. The van der Waals surface area contributed by atoms with Crippen molar-refractivity contribution in [1.82, 2.24) is 5.32 Å². The predicted octanol–water partition coefficient (Wildman–Crippen LogP) is 2.20. The van der Waals surface area contributed by atoms with Gasteiger partial charge >= 0.3 is 0 Å². The van der Waals surface area contributed by atoms with E-state index in [4.69, 9.17) is 11.5 Å². The molecule has 5 N–H and O–H groups in total. The molecule has 3 nitrogen and oxygen atoms in total. The van der Waals surface area contributed by atoms with Gasteiger partial charge in [0.1, 0.15) is 0 Å². The standard InChI is InChI=1S/C13H19N3S/c1-4-8-10(16-3)6-5-9-11(7(2)14)13(15)17-12(8)9/h4,10,16H,2,5-6,14-15H2,1,3H3/b8-4+. The number of likely N-dealkylation sites (N-methyl/N-ethyl adjacent to an activating group) is 1. The highest BCUT2D eigenvalue weighted by Crippen LogP contribution is 2.43. The normalized spacial score (nSPS) is 21.5. The third-order valence-corrected chi connectivity index (χ3v) is 4.45. The second-order valence-electron chi connectivity index (χ2n) is 4.30. The molecule has 1 aliphatic rings. The Hall–Kier alpha value is -1.26. The number of rotatable bonds is 2. The van der Waals surface area contributed by atoms with Gasteiger partial charge in [0.05, 0.1) is 5.00 Å². The Morgan fingerprint density at radius 2 is 2.29 bits per heavy atom. The van der Waals surface area contributed by atoms with E-state index in [0.29, 0.717) is 11.7 Å². The third-order valence-electron chi connectivity index (χ3n) is 3.34. The first-order valence-electron chi connectivity index (χ1n) is 5.79. The summed E-state index contributed by atoms with van der Waals surface area (Å²) in [6, 6.07) is 0.421. The van der Waals surface area contributed by atoms with Gasteiger partial charge in [-0.2, -0.15) is 0 Å². The highest BCUT2D eigenvalue weighted by molar-refractivity contribution is 7.17. The monoisotopic (exact) mass is 249 g/mol. The van der Waals surface area contributed by atoms with E-state index in [1.165, 1.54) is 16.0 Å². The van der Waals surface area contributed by atoms with Gasteiger partial charge in [-0.1, -0.05) is 12.7 Å². The molecule has 0 radical (unpaired) electrons. The molecule has 0 bridgehead atoms. The summed E-state index contributed by atoms with van der Waals surface area (Å²) in [5.41, 5.74) is 16.1. The van der Waals surface area contributed by atoms with Crippen LogP contribution in [0.2, 0.25) is 0 Å². The van der Waals surface area contributed by atoms with Gasteiger partial charge in [-0.15, -0.1) is 11.3 Å². The maximum absolute atomic E-state index is 6.06. The molecule has 1 aromatic rings. The van der Waals surface area contributed by atoms with Gasteiger partial charge in [0.15, 0.2) is 0 Å². The predicted molar refractivity (Wildman–Crippen MR) is 76.8 cm³/mol. The Kier molecular flexibility index (Phi) is 3.26. The zero-order chi connectivity index (χ0) is 12.6. The lowest BCUT2D eigenvalue weighted by Crippen LogP contribution is -2.30. The average molecular weight is 249 g/mol. The van der Waals surface area contributed by atoms with E-state index >= 15 is 0 Å². The molecule has 0 saturated carbocycles. The number of nitrogen functional groups attached to an aromatic ring is 1. The minimum absolute atomic E-state index is 0.421. The zero-order valence-electron chi connectivity index (χ0n) is 10.3. The van der Waals surface area contributed by atoms with Crippen LogP contribution in [-0.2, 0) is 6.42 Å². The van der Waals surface area contributed by atoms with Crippen molar-refractivity contribution in [3.05, 3.63) is 28.7 Å². The zero-order valence-corrected chi connectivity index (χ0v) is 11.2.